The van der Waals surface area contributed by atoms with Crippen molar-refractivity contribution in [1.82, 2.24) is 4.98 Å². The molecule has 0 bridgehead atoms. The number of hydrogen-bond acceptors (Lipinski definition) is 2. The van der Waals surface area contributed by atoms with Crippen LogP contribution in [0.2, 0.25) is 0 Å². The van der Waals surface area contributed by atoms with Crippen LogP contribution >= 0.6 is 27.3 Å². The van der Waals surface area contributed by atoms with E-state index in [2.05, 4.69) is 58.2 Å². The molecule has 16 heavy (non-hydrogen) atoms. The minimum atomic E-state index is 0.401. The predicted molar refractivity (Wildman–Crippen MR) is 73.1 cm³/mol. The fraction of sp³-hybridized carbons (Fsp3) is 0.308. The average molecular weight is 296 g/mol. The van der Waals surface area contributed by atoms with Gasteiger partial charge in [0.05, 0.1) is 5.01 Å². The lowest BCUT2D eigenvalue weighted by Crippen LogP contribution is -2.06. The van der Waals surface area contributed by atoms with Gasteiger partial charge in [0.25, 0.3) is 0 Å². The maximum atomic E-state index is 4.33. The summed E-state index contributed by atoms with van der Waals surface area (Å²) in [5, 5.41) is 3.25. The summed E-state index contributed by atoms with van der Waals surface area (Å²) in [4.78, 5) is 4.73. The van der Waals surface area contributed by atoms with Crippen LogP contribution in [0.1, 0.15) is 22.3 Å². The van der Waals surface area contributed by atoms with Gasteiger partial charge in [-0.2, -0.15) is 0 Å². The normalized spacial score (nSPS) is 14.6. The second-order valence-corrected chi connectivity index (χ2v) is 5.89. The summed E-state index contributed by atoms with van der Waals surface area (Å²) in [6, 6.07) is 10.5. The summed E-state index contributed by atoms with van der Waals surface area (Å²) >= 11 is 5.51. The topological polar surface area (TPSA) is 12.9 Å². The van der Waals surface area contributed by atoms with Gasteiger partial charge in [-0.15, -0.1) is 11.3 Å². The molecule has 84 valence electrons. The Bertz CT molecular complexity index is 413. The summed E-state index contributed by atoms with van der Waals surface area (Å²) in [5.74, 6) is 0.550. The number of hydrogen-bond donors (Lipinski definition) is 0. The minimum absolute atomic E-state index is 0.401. The van der Waals surface area contributed by atoms with Gasteiger partial charge < -0.3 is 0 Å². The molecule has 2 rings (SSSR count). The van der Waals surface area contributed by atoms with E-state index in [0.717, 1.165) is 6.42 Å². The number of alkyl halides is 1. The lowest BCUT2D eigenvalue weighted by Gasteiger charge is -2.17. The maximum Gasteiger partial charge on any atom is 0.0927 e. The lowest BCUT2D eigenvalue weighted by atomic mass is 9.98. The molecule has 1 aromatic carbocycles. The first-order valence-electron chi connectivity index (χ1n) is 5.35. The molecule has 0 radical (unpaired) electrons. The molecular weight excluding hydrogens is 282 g/mol. The second kappa shape index (κ2) is 5.60. The van der Waals surface area contributed by atoms with Crippen molar-refractivity contribution in [3.8, 4) is 0 Å². The van der Waals surface area contributed by atoms with Gasteiger partial charge in [-0.3, -0.25) is 0 Å². The van der Waals surface area contributed by atoms with E-state index in [4.69, 9.17) is 0 Å². The van der Waals surface area contributed by atoms with Crippen molar-refractivity contribution in [2.75, 3.05) is 0 Å². The van der Waals surface area contributed by atoms with E-state index < -0.39 is 0 Å². The molecule has 2 unspecified atom stereocenters. The van der Waals surface area contributed by atoms with Crippen molar-refractivity contribution in [3.63, 3.8) is 0 Å². The molecule has 1 heterocycles. The third kappa shape index (κ3) is 2.92. The largest absolute Gasteiger partial charge is 0.250 e. The SMILES string of the molecule is CC(Cc1nccs1)C(Br)c1ccccc1. The van der Waals surface area contributed by atoms with Gasteiger partial charge in [0.15, 0.2) is 0 Å². The van der Waals surface area contributed by atoms with Crippen LogP contribution in [0.25, 0.3) is 0 Å². The monoisotopic (exact) mass is 295 g/mol. The maximum absolute atomic E-state index is 4.33. The van der Waals surface area contributed by atoms with Crippen molar-refractivity contribution in [1.29, 1.82) is 0 Å². The van der Waals surface area contributed by atoms with E-state index in [1.54, 1.807) is 11.3 Å². The van der Waals surface area contributed by atoms with Gasteiger partial charge in [0.2, 0.25) is 0 Å². The Morgan fingerprint density at radius 2 is 2.06 bits per heavy atom. The van der Waals surface area contributed by atoms with Crippen LogP contribution in [-0.4, -0.2) is 4.98 Å². The Labute approximate surface area is 109 Å². The fourth-order valence-corrected chi connectivity index (χ4v) is 2.95. The Balaban J connectivity index is 2.02. The Kier molecular flexibility index (Phi) is 4.13. The highest BCUT2D eigenvalue weighted by Gasteiger charge is 2.17. The molecule has 3 heteroatoms. The van der Waals surface area contributed by atoms with Gasteiger partial charge in [0.1, 0.15) is 0 Å². The zero-order valence-corrected chi connectivity index (χ0v) is 11.5. The van der Waals surface area contributed by atoms with Gasteiger partial charge in [-0.1, -0.05) is 53.2 Å². The lowest BCUT2D eigenvalue weighted by molar-refractivity contribution is 0.570. The third-order valence-electron chi connectivity index (χ3n) is 2.60. The minimum Gasteiger partial charge on any atom is -0.250 e. The Morgan fingerprint density at radius 1 is 1.31 bits per heavy atom. The van der Waals surface area contributed by atoms with Crippen molar-refractivity contribution in [2.45, 2.75) is 18.2 Å². The molecule has 1 aromatic heterocycles. The van der Waals surface area contributed by atoms with Crippen LogP contribution < -0.4 is 0 Å². The van der Waals surface area contributed by atoms with Crippen LogP contribution in [0.15, 0.2) is 41.9 Å². The highest BCUT2D eigenvalue weighted by atomic mass is 79.9. The second-order valence-electron chi connectivity index (χ2n) is 3.92. The van der Waals surface area contributed by atoms with E-state index >= 15 is 0 Å². The third-order valence-corrected chi connectivity index (χ3v) is 4.83. The molecule has 0 amide bonds. The number of benzene rings is 1. The number of thiazole rings is 1. The fourth-order valence-electron chi connectivity index (χ4n) is 1.70. The average Bonchev–Trinajstić information content (AvgIpc) is 2.82. The molecule has 0 N–H and O–H groups in total. The molecular formula is C13H14BrNS. The van der Waals surface area contributed by atoms with Crippen molar-refractivity contribution in [2.24, 2.45) is 5.92 Å². The molecule has 2 atom stereocenters. The Morgan fingerprint density at radius 3 is 2.69 bits per heavy atom. The first-order valence-corrected chi connectivity index (χ1v) is 7.14. The standard InChI is InChI=1S/C13H14BrNS/c1-10(9-12-15-7-8-16-12)13(14)11-5-3-2-4-6-11/h2-8,10,13H,9H2,1H3. The molecule has 0 aliphatic rings. The first-order chi connectivity index (χ1) is 7.77. The zero-order chi connectivity index (χ0) is 11.4. The van der Waals surface area contributed by atoms with E-state index in [1.165, 1.54) is 10.6 Å². The van der Waals surface area contributed by atoms with Gasteiger partial charge >= 0.3 is 0 Å². The van der Waals surface area contributed by atoms with Crippen molar-refractivity contribution >= 4 is 27.3 Å². The summed E-state index contributed by atoms with van der Waals surface area (Å²) in [6.45, 7) is 2.26. The van der Waals surface area contributed by atoms with Gasteiger partial charge in [-0.05, 0) is 11.5 Å². The van der Waals surface area contributed by atoms with E-state index in [-0.39, 0.29) is 0 Å². The van der Waals surface area contributed by atoms with Crippen LogP contribution in [0.4, 0.5) is 0 Å². The smallest absolute Gasteiger partial charge is 0.0927 e. The number of nitrogens with zero attached hydrogens (tertiary/aromatic N) is 1. The highest BCUT2D eigenvalue weighted by Crippen LogP contribution is 2.32. The van der Waals surface area contributed by atoms with Crippen LogP contribution in [0.5, 0.6) is 0 Å². The predicted octanol–water partition coefficient (Wildman–Crippen LogP) is 4.46. The van der Waals surface area contributed by atoms with E-state index in [9.17, 15) is 0 Å². The van der Waals surface area contributed by atoms with Crippen molar-refractivity contribution in [3.05, 3.63) is 52.5 Å². The number of halogens is 1. The van der Waals surface area contributed by atoms with Gasteiger partial charge in [0, 0.05) is 22.8 Å². The molecule has 1 nitrogen and oxygen atoms in total. The zero-order valence-electron chi connectivity index (χ0n) is 9.14. The molecule has 0 aliphatic heterocycles. The first kappa shape index (κ1) is 11.8. The number of rotatable bonds is 4. The molecule has 0 saturated heterocycles. The van der Waals surface area contributed by atoms with Crippen LogP contribution in [0.3, 0.4) is 0 Å². The van der Waals surface area contributed by atoms with Gasteiger partial charge in [-0.25, -0.2) is 4.98 Å². The summed E-state index contributed by atoms with van der Waals surface area (Å²) in [6.07, 6.45) is 2.90. The van der Waals surface area contributed by atoms with Crippen LogP contribution in [0, 0.1) is 5.92 Å². The Hall–Kier alpha value is -0.670. The molecule has 0 aliphatic carbocycles. The highest BCUT2D eigenvalue weighted by molar-refractivity contribution is 9.09. The van der Waals surface area contributed by atoms with Crippen LogP contribution in [-0.2, 0) is 6.42 Å². The quantitative estimate of drug-likeness (QED) is 0.759. The molecule has 2 aromatic rings. The summed E-state index contributed by atoms with van der Waals surface area (Å²) in [7, 11) is 0. The summed E-state index contributed by atoms with van der Waals surface area (Å²) in [5.41, 5.74) is 1.34. The molecule has 0 fully saturated rings. The summed E-state index contributed by atoms with van der Waals surface area (Å²) < 4.78 is 0. The van der Waals surface area contributed by atoms with Crippen molar-refractivity contribution < 1.29 is 0 Å². The molecule has 0 saturated carbocycles. The molecule has 0 spiro atoms. The van der Waals surface area contributed by atoms with E-state index in [1.807, 2.05) is 11.6 Å². The van der Waals surface area contributed by atoms with E-state index in [0.29, 0.717) is 10.7 Å². The number of aromatic nitrogens is 1.